The van der Waals surface area contributed by atoms with Crippen LogP contribution in [0, 0.1) is 19.7 Å². The number of piperazine rings is 1. The number of carbonyl (C=O) groups excluding carboxylic acids is 1. The zero-order valence-corrected chi connectivity index (χ0v) is 19.1. The standard InChI is InChI=1S/C24H26FN7O/c1-13-8-26-22-20(31-9-14(2)27-15(3)10-31)6-5-18(21(22)28-13)24(33)30-17-7-19(25)23-29-16(4)11-32(23)12-17/h5-8,11-12,14-15,27H,9-10H2,1-4H3,(H,30,33)/t14-,15+. The van der Waals surface area contributed by atoms with Gasteiger partial charge in [-0.2, -0.15) is 0 Å². The number of benzene rings is 1. The smallest absolute Gasteiger partial charge is 0.257 e. The molecule has 2 N–H and O–H groups in total. The van der Waals surface area contributed by atoms with E-state index in [9.17, 15) is 9.18 Å². The van der Waals surface area contributed by atoms with Gasteiger partial charge >= 0.3 is 0 Å². The van der Waals surface area contributed by atoms with Gasteiger partial charge in [-0.1, -0.05) is 0 Å². The van der Waals surface area contributed by atoms with Gasteiger partial charge in [0.05, 0.1) is 28.3 Å². The summed E-state index contributed by atoms with van der Waals surface area (Å²) in [7, 11) is 0. The lowest BCUT2D eigenvalue weighted by Crippen LogP contribution is -2.54. The quantitative estimate of drug-likeness (QED) is 0.500. The molecule has 1 saturated heterocycles. The summed E-state index contributed by atoms with van der Waals surface area (Å²) in [6, 6.07) is 5.64. The third-order valence-electron chi connectivity index (χ3n) is 5.83. The van der Waals surface area contributed by atoms with Crippen LogP contribution in [0.25, 0.3) is 16.7 Å². The van der Waals surface area contributed by atoms with Gasteiger partial charge in [0, 0.05) is 49.8 Å². The molecule has 33 heavy (non-hydrogen) atoms. The van der Waals surface area contributed by atoms with E-state index in [1.54, 1.807) is 36.0 Å². The van der Waals surface area contributed by atoms with Crippen LogP contribution < -0.4 is 15.5 Å². The van der Waals surface area contributed by atoms with Gasteiger partial charge in [-0.05, 0) is 39.8 Å². The minimum Gasteiger partial charge on any atom is -0.367 e. The Labute approximate surface area is 190 Å². The van der Waals surface area contributed by atoms with E-state index in [-0.39, 0.29) is 11.6 Å². The Bertz CT molecular complexity index is 1370. The molecular formula is C24H26FN7O. The summed E-state index contributed by atoms with van der Waals surface area (Å²) in [6.45, 7) is 9.62. The highest BCUT2D eigenvalue weighted by Gasteiger charge is 2.25. The number of rotatable bonds is 3. The highest BCUT2D eigenvalue weighted by molar-refractivity contribution is 6.13. The molecule has 170 valence electrons. The molecule has 3 aromatic heterocycles. The van der Waals surface area contributed by atoms with Crippen LogP contribution in [-0.4, -0.2) is 50.4 Å². The second kappa shape index (κ2) is 8.08. The van der Waals surface area contributed by atoms with E-state index in [0.717, 1.165) is 24.5 Å². The Kier molecular flexibility index (Phi) is 5.20. The Balaban J connectivity index is 1.53. The number of pyridine rings is 1. The number of amides is 1. The summed E-state index contributed by atoms with van der Waals surface area (Å²) < 4.78 is 16.0. The molecule has 4 heterocycles. The molecule has 2 atom stereocenters. The van der Waals surface area contributed by atoms with Crippen LogP contribution >= 0.6 is 0 Å². The average molecular weight is 448 g/mol. The molecule has 0 unspecified atom stereocenters. The first kappa shape index (κ1) is 21.3. The van der Waals surface area contributed by atoms with Crippen molar-refractivity contribution in [2.45, 2.75) is 39.8 Å². The third kappa shape index (κ3) is 4.00. The monoisotopic (exact) mass is 447 g/mol. The molecule has 1 amide bonds. The summed E-state index contributed by atoms with van der Waals surface area (Å²) >= 11 is 0. The number of imidazole rings is 1. The van der Waals surface area contributed by atoms with Crippen LogP contribution in [0.1, 0.15) is 35.6 Å². The second-order valence-corrected chi connectivity index (χ2v) is 8.86. The molecule has 4 aromatic rings. The highest BCUT2D eigenvalue weighted by atomic mass is 19.1. The van der Waals surface area contributed by atoms with E-state index in [1.807, 2.05) is 13.0 Å². The molecular weight excluding hydrogens is 421 g/mol. The van der Waals surface area contributed by atoms with E-state index in [4.69, 9.17) is 0 Å². The fourth-order valence-corrected chi connectivity index (χ4v) is 4.58. The molecule has 1 aliphatic heterocycles. The number of nitrogens with one attached hydrogen (secondary N) is 2. The number of hydrogen-bond acceptors (Lipinski definition) is 6. The number of fused-ring (bicyclic) bond motifs is 2. The first-order chi connectivity index (χ1) is 15.8. The number of aromatic nitrogens is 4. The van der Waals surface area contributed by atoms with E-state index in [2.05, 4.69) is 44.3 Å². The summed E-state index contributed by atoms with van der Waals surface area (Å²) in [6.07, 6.45) is 5.07. The highest BCUT2D eigenvalue weighted by Crippen LogP contribution is 2.29. The minimum absolute atomic E-state index is 0.223. The van der Waals surface area contributed by atoms with Crippen molar-refractivity contribution >= 4 is 34.0 Å². The molecule has 1 aromatic carbocycles. The largest absolute Gasteiger partial charge is 0.367 e. The predicted molar refractivity (Wildman–Crippen MR) is 126 cm³/mol. The molecule has 0 radical (unpaired) electrons. The third-order valence-corrected chi connectivity index (χ3v) is 5.83. The van der Waals surface area contributed by atoms with Crippen molar-refractivity contribution < 1.29 is 9.18 Å². The fourth-order valence-electron chi connectivity index (χ4n) is 4.58. The molecule has 5 rings (SSSR count). The molecule has 8 nitrogen and oxygen atoms in total. The van der Waals surface area contributed by atoms with Crippen LogP contribution in [0.15, 0.2) is 36.8 Å². The van der Waals surface area contributed by atoms with Gasteiger partial charge in [0.2, 0.25) is 0 Å². The number of anilines is 2. The summed E-state index contributed by atoms with van der Waals surface area (Å²) in [4.78, 5) is 29.0. The predicted octanol–water partition coefficient (Wildman–Crippen LogP) is 3.47. The normalized spacial score (nSPS) is 18.8. The van der Waals surface area contributed by atoms with Crippen LogP contribution in [0.3, 0.4) is 0 Å². The van der Waals surface area contributed by atoms with Crippen molar-refractivity contribution in [1.82, 2.24) is 24.7 Å². The zero-order chi connectivity index (χ0) is 23.3. The molecule has 0 aliphatic carbocycles. The van der Waals surface area contributed by atoms with E-state index >= 15 is 0 Å². The van der Waals surface area contributed by atoms with Crippen molar-refractivity contribution in [2.75, 3.05) is 23.3 Å². The minimum atomic E-state index is -0.501. The number of hydrogen-bond donors (Lipinski definition) is 2. The van der Waals surface area contributed by atoms with Gasteiger partial charge in [-0.15, -0.1) is 0 Å². The van der Waals surface area contributed by atoms with Crippen molar-refractivity contribution in [2.24, 2.45) is 0 Å². The Morgan fingerprint density at radius 2 is 1.85 bits per heavy atom. The molecule has 0 spiro atoms. The molecule has 1 aliphatic rings. The Morgan fingerprint density at radius 1 is 1.09 bits per heavy atom. The van der Waals surface area contributed by atoms with E-state index in [1.165, 1.54) is 6.07 Å². The van der Waals surface area contributed by atoms with E-state index in [0.29, 0.717) is 40.1 Å². The first-order valence-electron chi connectivity index (χ1n) is 11.0. The van der Waals surface area contributed by atoms with Gasteiger partial charge in [-0.3, -0.25) is 9.78 Å². The Morgan fingerprint density at radius 3 is 2.61 bits per heavy atom. The molecule has 9 heteroatoms. The lowest BCUT2D eigenvalue weighted by molar-refractivity contribution is 0.102. The van der Waals surface area contributed by atoms with Crippen molar-refractivity contribution in [3.05, 3.63) is 59.6 Å². The summed E-state index contributed by atoms with van der Waals surface area (Å²) in [5.74, 6) is -0.872. The van der Waals surface area contributed by atoms with Crippen molar-refractivity contribution in [3.8, 4) is 0 Å². The van der Waals surface area contributed by atoms with E-state index < -0.39 is 5.82 Å². The van der Waals surface area contributed by atoms with Gasteiger partial charge < -0.3 is 19.9 Å². The number of halogens is 1. The maximum absolute atomic E-state index is 14.5. The molecule has 0 bridgehead atoms. The van der Waals surface area contributed by atoms with Gasteiger partial charge in [-0.25, -0.2) is 14.4 Å². The summed E-state index contributed by atoms with van der Waals surface area (Å²) in [5.41, 5.74) is 4.54. The van der Waals surface area contributed by atoms with Gasteiger partial charge in [0.1, 0.15) is 11.0 Å². The SMILES string of the molecule is Cc1cnc2c(N3C[C@@H](C)N[C@@H](C)C3)ccc(C(=O)Nc3cc(F)c4nc(C)cn4c3)c2n1. The summed E-state index contributed by atoms with van der Waals surface area (Å²) in [5, 5.41) is 6.34. The fraction of sp³-hybridized carbons (Fsp3) is 0.333. The number of aryl methyl sites for hydroxylation is 2. The van der Waals surface area contributed by atoms with Gasteiger partial charge in [0.25, 0.3) is 5.91 Å². The van der Waals surface area contributed by atoms with Crippen molar-refractivity contribution in [1.29, 1.82) is 0 Å². The van der Waals surface area contributed by atoms with Crippen LogP contribution in [-0.2, 0) is 0 Å². The Hall–Kier alpha value is -3.59. The maximum Gasteiger partial charge on any atom is 0.257 e. The van der Waals surface area contributed by atoms with Gasteiger partial charge in [0.15, 0.2) is 11.5 Å². The lowest BCUT2D eigenvalue weighted by atomic mass is 10.1. The molecule has 0 saturated carbocycles. The average Bonchev–Trinajstić information content (AvgIpc) is 3.12. The van der Waals surface area contributed by atoms with Crippen molar-refractivity contribution in [3.63, 3.8) is 0 Å². The topological polar surface area (TPSA) is 87.5 Å². The zero-order valence-electron chi connectivity index (χ0n) is 19.1. The first-order valence-corrected chi connectivity index (χ1v) is 11.0. The van der Waals surface area contributed by atoms with Crippen LogP contribution in [0.5, 0.6) is 0 Å². The maximum atomic E-state index is 14.5. The number of nitrogens with zero attached hydrogens (tertiary/aromatic N) is 5. The number of carbonyl (C=O) groups is 1. The lowest BCUT2D eigenvalue weighted by Gasteiger charge is -2.38. The molecule has 1 fully saturated rings. The van der Waals surface area contributed by atoms with Crippen LogP contribution in [0.4, 0.5) is 15.8 Å². The van der Waals surface area contributed by atoms with Crippen LogP contribution in [0.2, 0.25) is 0 Å². The second-order valence-electron chi connectivity index (χ2n) is 8.86.